The molecular formula is C20H25F3N4O2S. The topological polar surface area (TPSA) is 65.5 Å². The minimum Gasteiger partial charge on any atom is -0.354 e. The molecule has 1 N–H and O–H groups in total. The highest BCUT2D eigenvalue weighted by Crippen LogP contribution is 2.29. The summed E-state index contributed by atoms with van der Waals surface area (Å²) in [4.78, 5) is 8.69. The van der Waals surface area contributed by atoms with Crippen LogP contribution in [-0.2, 0) is 22.0 Å². The summed E-state index contributed by atoms with van der Waals surface area (Å²) >= 11 is 0. The summed E-state index contributed by atoms with van der Waals surface area (Å²) in [6.07, 6.45) is -2.75. The molecule has 0 aliphatic carbocycles. The van der Waals surface area contributed by atoms with Crippen LogP contribution in [0.5, 0.6) is 0 Å². The highest BCUT2D eigenvalue weighted by atomic mass is 32.2. The van der Waals surface area contributed by atoms with Gasteiger partial charge in [-0.1, -0.05) is 24.3 Å². The van der Waals surface area contributed by atoms with Crippen molar-refractivity contribution in [3.63, 3.8) is 0 Å². The minimum absolute atomic E-state index is 0.105. The van der Waals surface area contributed by atoms with Crippen LogP contribution >= 0.6 is 0 Å². The van der Waals surface area contributed by atoms with Gasteiger partial charge in [-0.25, -0.2) is 18.1 Å². The van der Waals surface area contributed by atoms with Crippen LogP contribution in [0.3, 0.4) is 0 Å². The lowest BCUT2D eigenvalue weighted by atomic mass is 10.1. The molecule has 1 unspecified atom stereocenters. The first kappa shape index (κ1) is 22.5. The number of benzene rings is 1. The summed E-state index contributed by atoms with van der Waals surface area (Å²) in [5.41, 5.74) is -0.748. The Morgan fingerprint density at radius 2 is 1.83 bits per heavy atom. The van der Waals surface area contributed by atoms with E-state index in [1.165, 1.54) is 12.1 Å². The van der Waals surface area contributed by atoms with Gasteiger partial charge >= 0.3 is 6.18 Å². The van der Waals surface area contributed by atoms with Crippen molar-refractivity contribution >= 4 is 15.8 Å². The van der Waals surface area contributed by atoms with Crippen LogP contribution in [0, 0.1) is 0 Å². The van der Waals surface area contributed by atoms with Crippen molar-refractivity contribution in [1.29, 1.82) is 0 Å². The summed E-state index contributed by atoms with van der Waals surface area (Å²) in [5.74, 6) is 0.432. The number of nitrogens with zero attached hydrogens (tertiary/aromatic N) is 3. The zero-order chi connectivity index (χ0) is 21.8. The predicted octanol–water partition coefficient (Wildman–Crippen LogP) is 2.73. The molecule has 0 spiro atoms. The lowest BCUT2D eigenvalue weighted by Gasteiger charge is -2.36. The summed E-state index contributed by atoms with van der Waals surface area (Å²) in [5, 5.41) is 0. The fraction of sp³-hybridized carbons (Fsp3) is 0.450. The fourth-order valence-corrected chi connectivity index (χ4v) is 4.92. The molecule has 1 aliphatic rings. The van der Waals surface area contributed by atoms with Gasteiger partial charge in [-0.15, -0.1) is 0 Å². The van der Waals surface area contributed by atoms with Crippen LogP contribution in [0.15, 0.2) is 48.7 Å². The number of aromatic nitrogens is 1. The Balaban J connectivity index is 1.50. The quantitative estimate of drug-likeness (QED) is 0.714. The van der Waals surface area contributed by atoms with Gasteiger partial charge in [0.25, 0.3) is 0 Å². The molecule has 1 aromatic carbocycles. The van der Waals surface area contributed by atoms with E-state index < -0.39 is 27.5 Å². The zero-order valence-corrected chi connectivity index (χ0v) is 17.5. The molecule has 2 heterocycles. The van der Waals surface area contributed by atoms with Crippen LogP contribution in [0.1, 0.15) is 18.1 Å². The third kappa shape index (κ3) is 6.41. The van der Waals surface area contributed by atoms with Crippen LogP contribution in [-0.4, -0.2) is 57.1 Å². The third-order valence-electron chi connectivity index (χ3n) is 4.87. The van der Waals surface area contributed by atoms with E-state index in [0.717, 1.165) is 44.1 Å². The molecule has 6 nitrogen and oxygen atoms in total. The molecule has 0 amide bonds. The Labute approximate surface area is 174 Å². The lowest BCUT2D eigenvalue weighted by molar-refractivity contribution is -0.137. The van der Waals surface area contributed by atoms with Gasteiger partial charge in [-0.05, 0) is 30.7 Å². The molecule has 1 aromatic heterocycles. The van der Waals surface area contributed by atoms with Crippen molar-refractivity contribution in [1.82, 2.24) is 14.6 Å². The largest absolute Gasteiger partial charge is 0.416 e. The maximum Gasteiger partial charge on any atom is 0.416 e. The second kappa shape index (κ2) is 9.32. The number of sulfonamides is 1. The minimum atomic E-state index is -4.50. The molecular weight excluding hydrogens is 417 g/mol. The predicted molar refractivity (Wildman–Crippen MR) is 110 cm³/mol. The Bertz CT molecular complexity index is 931. The van der Waals surface area contributed by atoms with Gasteiger partial charge in [-0.3, -0.25) is 4.90 Å². The van der Waals surface area contributed by atoms with E-state index >= 15 is 0 Å². The first-order valence-electron chi connectivity index (χ1n) is 9.67. The molecule has 1 atom stereocenters. The van der Waals surface area contributed by atoms with Gasteiger partial charge in [0.2, 0.25) is 10.0 Å². The van der Waals surface area contributed by atoms with Crippen LogP contribution in [0.25, 0.3) is 0 Å². The monoisotopic (exact) mass is 442 g/mol. The van der Waals surface area contributed by atoms with E-state index in [1.54, 1.807) is 13.1 Å². The van der Waals surface area contributed by atoms with Crippen molar-refractivity contribution in [2.24, 2.45) is 0 Å². The highest BCUT2D eigenvalue weighted by Gasteiger charge is 2.31. The van der Waals surface area contributed by atoms with Gasteiger partial charge in [0.1, 0.15) is 5.82 Å². The maximum atomic E-state index is 12.8. The van der Waals surface area contributed by atoms with Gasteiger partial charge in [0.05, 0.1) is 11.3 Å². The Morgan fingerprint density at radius 3 is 2.47 bits per heavy atom. The standard InChI is InChI=1S/C20H25F3N4O2S/c1-16(14-26-9-11-27(12-10-26)19-7-2-3-8-24-19)25-30(28,29)15-17-5-4-6-18(13-17)20(21,22)23/h2-8,13,16,25H,9-12,14-15H2,1H3. The first-order chi connectivity index (χ1) is 14.1. The smallest absolute Gasteiger partial charge is 0.354 e. The normalized spacial score (nSPS) is 17.1. The molecule has 0 bridgehead atoms. The summed E-state index contributed by atoms with van der Waals surface area (Å²) in [6, 6.07) is 9.82. The van der Waals surface area contributed by atoms with E-state index in [0.29, 0.717) is 6.54 Å². The van der Waals surface area contributed by atoms with Crippen molar-refractivity contribution in [3.05, 3.63) is 59.8 Å². The van der Waals surface area contributed by atoms with Crippen molar-refractivity contribution in [2.75, 3.05) is 37.6 Å². The van der Waals surface area contributed by atoms with E-state index in [-0.39, 0.29) is 11.6 Å². The number of piperazine rings is 1. The number of pyridine rings is 1. The number of anilines is 1. The van der Waals surface area contributed by atoms with E-state index in [1.807, 2.05) is 18.2 Å². The average molecular weight is 443 g/mol. The van der Waals surface area contributed by atoms with E-state index in [4.69, 9.17) is 0 Å². The van der Waals surface area contributed by atoms with Crippen molar-refractivity contribution in [3.8, 4) is 0 Å². The number of halogens is 3. The second-order valence-corrected chi connectivity index (χ2v) is 9.21. The first-order valence-corrected chi connectivity index (χ1v) is 11.3. The van der Waals surface area contributed by atoms with Crippen LogP contribution in [0.4, 0.5) is 19.0 Å². The molecule has 30 heavy (non-hydrogen) atoms. The second-order valence-electron chi connectivity index (χ2n) is 7.45. The SMILES string of the molecule is CC(CN1CCN(c2ccccn2)CC1)NS(=O)(=O)Cc1cccc(C(F)(F)F)c1. The van der Waals surface area contributed by atoms with E-state index in [9.17, 15) is 21.6 Å². The summed E-state index contributed by atoms with van der Waals surface area (Å²) < 4.78 is 65.9. The number of alkyl halides is 3. The Hall–Kier alpha value is -2.17. The molecule has 1 aliphatic heterocycles. The molecule has 2 aromatic rings. The molecule has 0 saturated carbocycles. The number of rotatable bonds is 7. The Kier molecular flexibility index (Phi) is 6.99. The molecule has 1 fully saturated rings. The Morgan fingerprint density at radius 1 is 1.10 bits per heavy atom. The van der Waals surface area contributed by atoms with Gasteiger partial charge in [0, 0.05) is 45.0 Å². The number of hydrogen-bond donors (Lipinski definition) is 1. The van der Waals surface area contributed by atoms with Crippen LogP contribution < -0.4 is 9.62 Å². The lowest BCUT2D eigenvalue weighted by Crippen LogP contribution is -2.51. The van der Waals surface area contributed by atoms with E-state index in [2.05, 4.69) is 19.5 Å². The summed E-state index contributed by atoms with van der Waals surface area (Å²) in [7, 11) is -3.77. The average Bonchev–Trinajstić information content (AvgIpc) is 2.68. The molecule has 3 rings (SSSR count). The number of nitrogens with one attached hydrogen (secondary N) is 1. The number of hydrogen-bond acceptors (Lipinski definition) is 5. The van der Waals surface area contributed by atoms with Gasteiger partial charge < -0.3 is 4.90 Å². The fourth-order valence-electron chi connectivity index (χ4n) is 3.53. The van der Waals surface area contributed by atoms with Crippen LogP contribution in [0.2, 0.25) is 0 Å². The maximum absolute atomic E-state index is 12.8. The van der Waals surface area contributed by atoms with Crippen molar-refractivity contribution < 1.29 is 21.6 Å². The third-order valence-corrected chi connectivity index (χ3v) is 6.34. The molecule has 164 valence electrons. The van der Waals surface area contributed by atoms with Crippen molar-refractivity contribution in [2.45, 2.75) is 24.9 Å². The highest BCUT2D eigenvalue weighted by molar-refractivity contribution is 7.88. The molecule has 10 heteroatoms. The summed E-state index contributed by atoms with van der Waals surface area (Å²) in [6.45, 7) is 5.42. The van der Waals surface area contributed by atoms with Gasteiger partial charge in [-0.2, -0.15) is 13.2 Å². The molecule has 1 saturated heterocycles. The molecule has 0 radical (unpaired) electrons. The van der Waals surface area contributed by atoms with Gasteiger partial charge in [0.15, 0.2) is 0 Å². The zero-order valence-electron chi connectivity index (χ0n) is 16.6.